The van der Waals surface area contributed by atoms with Crippen molar-refractivity contribution in [3.05, 3.63) is 46.0 Å². The van der Waals surface area contributed by atoms with Gasteiger partial charge < -0.3 is 9.47 Å². The second-order valence-electron chi connectivity index (χ2n) is 4.63. The SMILES string of the molecule is Cc1ccc(C(=O)N2CCn3cnnc3C2)cc1Br. The van der Waals surface area contributed by atoms with Crippen LogP contribution in [-0.2, 0) is 13.1 Å². The summed E-state index contributed by atoms with van der Waals surface area (Å²) in [5.74, 6) is 0.876. The van der Waals surface area contributed by atoms with Crippen molar-refractivity contribution in [1.29, 1.82) is 0 Å². The van der Waals surface area contributed by atoms with E-state index in [-0.39, 0.29) is 5.91 Å². The Morgan fingerprint density at radius 1 is 1.37 bits per heavy atom. The highest BCUT2D eigenvalue weighted by Gasteiger charge is 2.22. The van der Waals surface area contributed by atoms with Gasteiger partial charge >= 0.3 is 0 Å². The van der Waals surface area contributed by atoms with Crippen molar-refractivity contribution in [2.24, 2.45) is 0 Å². The molecule has 5 nitrogen and oxygen atoms in total. The minimum Gasteiger partial charge on any atom is -0.329 e. The van der Waals surface area contributed by atoms with Crippen LogP contribution in [0, 0.1) is 6.92 Å². The van der Waals surface area contributed by atoms with Gasteiger partial charge in [-0.25, -0.2) is 0 Å². The lowest BCUT2D eigenvalue weighted by Crippen LogP contribution is -2.38. The first-order chi connectivity index (χ1) is 9.15. The number of benzene rings is 1. The first-order valence-electron chi connectivity index (χ1n) is 6.07. The van der Waals surface area contributed by atoms with Gasteiger partial charge in [0.1, 0.15) is 6.33 Å². The average molecular weight is 321 g/mol. The number of halogens is 1. The predicted octanol–water partition coefficient (Wildman–Crippen LogP) is 2.01. The van der Waals surface area contributed by atoms with Crippen molar-refractivity contribution in [3.8, 4) is 0 Å². The Labute approximate surface area is 119 Å². The van der Waals surface area contributed by atoms with Crippen LogP contribution in [0.5, 0.6) is 0 Å². The lowest BCUT2D eigenvalue weighted by Gasteiger charge is -2.27. The lowest BCUT2D eigenvalue weighted by molar-refractivity contribution is 0.0707. The van der Waals surface area contributed by atoms with E-state index in [9.17, 15) is 4.79 Å². The minimum absolute atomic E-state index is 0.0370. The number of hydrogen-bond acceptors (Lipinski definition) is 3. The van der Waals surface area contributed by atoms with Crippen molar-refractivity contribution >= 4 is 21.8 Å². The van der Waals surface area contributed by atoms with E-state index in [1.807, 2.05) is 29.7 Å². The van der Waals surface area contributed by atoms with Crippen molar-refractivity contribution in [2.75, 3.05) is 6.54 Å². The Kier molecular flexibility index (Phi) is 3.10. The highest BCUT2D eigenvalue weighted by molar-refractivity contribution is 9.10. The number of rotatable bonds is 1. The smallest absolute Gasteiger partial charge is 0.254 e. The Bertz CT molecular complexity index is 637. The molecule has 0 saturated heterocycles. The fourth-order valence-electron chi connectivity index (χ4n) is 2.15. The van der Waals surface area contributed by atoms with Crippen molar-refractivity contribution in [3.63, 3.8) is 0 Å². The molecule has 0 atom stereocenters. The molecule has 2 aromatic rings. The number of carbonyl (C=O) groups is 1. The van der Waals surface area contributed by atoms with Gasteiger partial charge in [0.15, 0.2) is 5.82 Å². The summed E-state index contributed by atoms with van der Waals surface area (Å²) in [5.41, 5.74) is 1.82. The summed E-state index contributed by atoms with van der Waals surface area (Å²) in [7, 11) is 0. The van der Waals surface area contributed by atoms with Crippen molar-refractivity contribution < 1.29 is 4.79 Å². The maximum atomic E-state index is 12.4. The number of amides is 1. The van der Waals surface area contributed by atoms with Crippen LogP contribution >= 0.6 is 15.9 Å². The second kappa shape index (κ2) is 4.77. The fraction of sp³-hybridized carbons (Fsp3) is 0.308. The molecule has 1 aliphatic heterocycles. The molecule has 6 heteroatoms. The molecule has 3 rings (SSSR count). The molecule has 1 aliphatic rings. The van der Waals surface area contributed by atoms with Gasteiger partial charge in [-0.1, -0.05) is 22.0 Å². The maximum absolute atomic E-state index is 12.4. The van der Waals surface area contributed by atoms with Crippen LogP contribution in [0.4, 0.5) is 0 Å². The van der Waals surface area contributed by atoms with Gasteiger partial charge in [0.25, 0.3) is 5.91 Å². The van der Waals surface area contributed by atoms with Crippen molar-refractivity contribution in [1.82, 2.24) is 19.7 Å². The molecule has 1 amide bonds. The molecular weight excluding hydrogens is 308 g/mol. The molecule has 0 unspecified atom stereocenters. The molecule has 2 heterocycles. The maximum Gasteiger partial charge on any atom is 0.254 e. The number of nitrogens with zero attached hydrogens (tertiary/aromatic N) is 4. The first-order valence-corrected chi connectivity index (χ1v) is 6.86. The van der Waals surface area contributed by atoms with Crippen LogP contribution in [-0.4, -0.2) is 32.1 Å². The molecule has 0 aliphatic carbocycles. The summed E-state index contributed by atoms with van der Waals surface area (Å²) < 4.78 is 2.94. The molecule has 0 fully saturated rings. The molecule has 1 aromatic carbocycles. The van der Waals surface area contributed by atoms with E-state index in [2.05, 4.69) is 26.1 Å². The molecule has 0 radical (unpaired) electrons. The summed E-state index contributed by atoms with van der Waals surface area (Å²) in [4.78, 5) is 14.2. The normalized spacial score (nSPS) is 14.3. The third-order valence-electron chi connectivity index (χ3n) is 3.34. The topological polar surface area (TPSA) is 51.0 Å². The number of aryl methyl sites for hydroxylation is 1. The van der Waals surface area contributed by atoms with Crippen LogP contribution in [0.2, 0.25) is 0 Å². The van der Waals surface area contributed by atoms with Gasteiger partial charge in [0, 0.05) is 23.1 Å². The quantitative estimate of drug-likeness (QED) is 0.807. The third kappa shape index (κ3) is 2.28. The fourth-order valence-corrected chi connectivity index (χ4v) is 2.53. The zero-order valence-corrected chi connectivity index (χ0v) is 12.1. The molecule has 98 valence electrons. The van der Waals surface area contributed by atoms with Gasteiger partial charge in [0.05, 0.1) is 6.54 Å². The largest absolute Gasteiger partial charge is 0.329 e. The van der Waals surface area contributed by atoms with E-state index in [1.165, 1.54) is 0 Å². The van der Waals surface area contributed by atoms with Gasteiger partial charge in [-0.3, -0.25) is 4.79 Å². The van der Waals surface area contributed by atoms with E-state index in [4.69, 9.17) is 0 Å². The summed E-state index contributed by atoms with van der Waals surface area (Å²) in [6, 6.07) is 5.68. The second-order valence-corrected chi connectivity index (χ2v) is 5.49. The lowest BCUT2D eigenvalue weighted by atomic mass is 10.1. The summed E-state index contributed by atoms with van der Waals surface area (Å²) in [6.07, 6.45) is 1.71. The molecular formula is C13H13BrN4O. The average Bonchev–Trinajstić information content (AvgIpc) is 2.88. The highest BCUT2D eigenvalue weighted by Crippen LogP contribution is 2.20. The van der Waals surface area contributed by atoms with Crippen LogP contribution in [0.1, 0.15) is 21.7 Å². The summed E-state index contributed by atoms with van der Waals surface area (Å²) in [6.45, 7) is 3.96. The van der Waals surface area contributed by atoms with E-state index in [0.29, 0.717) is 18.7 Å². The summed E-state index contributed by atoms with van der Waals surface area (Å²) in [5, 5.41) is 7.89. The van der Waals surface area contributed by atoms with Crippen LogP contribution in [0.3, 0.4) is 0 Å². The Hall–Kier alpha value is -1.69. The van der Waals surface area contributed by atoms with Gasteiger partial charge in [-0.05, 0) is 24.6 Å². The molecule has 0 spiro atoms. The summed E-state index contributed by atoms with van der Waals surface area (Å²) >= 11 is 3.46. The Morgan fingerprint density at radius 3 is 3.00 bits per heavy atom. The number of hydrogen-bond donors (Lipinski definition) is 0. The zero-order valence-electron chi connectivity index (χ0n) is 10.5. The van der Waals surface area contributed by atoms with E-state index >= 15 is 0 Å². The molecule has 0 saturated carbocycles. The Morgan fingerprint density at radius 2 is 2.21 bits per heavy atom. The molecule has 0 N–H and O–H groups in total. The minimum atomic E-state index is 0.0370. The van der Waals surface area contributed by atoms with Gasteiger partial charge in [-0.15, -0.1) is 10.2 Å². The van der Waals surface area contributed by atoms with Crippen molar-refractivity contribution in [2.45, 2.75) is 20.0 Å². The number of fused-ring (bicyclic) bond motifs is 1. The molecule has 19 heavy (non-hydrogen) atoms. The number of aromatic nitrogens is 3. The van der Waals surface area contributed by atoms with Gasteiger partial charge in [0.2, 0.25) is 0 Å². The standard InChI is InChI=1S/C13H13BrN4O/c1-9-2-3-10(6-11(9)14)13(19)17-4-5-18-8-15-16-12(18)7-17/h2-3,6,8H,4-5,7H2,1H3. The van der Waals surface area contributed by atoms with Gasteiger partial charge in [-0.2, -0.15) is 0 Å². The first kappa shape index (κ1) is 12.3. The van der Waals surface area contributed by atoms with E-state index in [0.717, 1.165) is 22.4 Å². The Balaban J connectivity index is 1.83. The predicted molar refractivity (Wildman–Crippen MR) is 73.6 cm³/mol. The van der Waals surface area contributed by atoms with E-state index in [1.54, 1.807) is 11.2 Å². The van der Waals surface area contributed by atoms with Crippen LogP contribution in [0.15, 0.2) is 29.0 Å². The van der Waals surface area contributed by atoms with Crippen LogP contribution < -0.4 is 0 Å². The highest BCUT2D eigenvalue weighted by atomic mass is 79.9. The van der Waals surface area contributed by atoms with Crippen LogP contribution in [0.25, 0.3) is 0 Å². The zero-order chi connectivity index (χ0) is 13.4. The third-order valence-corrected chi connectivity index (χ3v) is 4.20. The number of carbonyl (C=O) groups excluding carboxylic acids is 1. The van der Waals surface area contributed by atoms with E-state index < -0.39 is 0 Å². The monoisotopic (exact) mass is 320 g/mol. The molecule has 0 bridgehead atoms. The molecule has 1 aromatic heterocycles.